The summed E-state index contributed by atoms with van der Waals surface area (Å²) in [6, 6.07) is -3.37. The molecule has 32 heavy (non-hydrogen) atoms. The molecule has 0 radical (unpaired) electrons. The molecule has 13 heteroatoms. The number of likely N-dealkylation sites (N-methyl/N-ethyl adjacent to an activating group) is 1. The summed E-state index contributed by atoms with van der Waals surface area (Å²) in [5.74, 6) is 0. The number of hydrogen-bond acceptors (Lipinski definition) is 13. The van der Waals surface area contributed by atoms with Gasteiger partial charge >= 0.3 is 0 Å². The van der Waals surface area contributed by atoms with Gasteiger partial charge in [0.15, 0.2) is 12.6 Å². The Morgan fingerprint density at radius 2 is 1.56 bits per heavy atom. The van der Waals surface area contributed by atoms with Gasteiger partial charge in [-0.25, -0.2) is 0 Å². The summed E-state index contributed by atoms with van der Waals surface area (Å²) in [5, 5.41) is 45.5. The summed E-state index contributed by atoms with van der Waals surface area (Å²) >= 11 is 0. The molecule has 0 bridgehead atoms. The van der Waals surface area contributed by atoms with Crippen molar-refractivity contribution in [2.45, 2.75) is 98.7 Å². The van der Waals surface area contributed by atoms with E-state index in [4.69, 9.17) is 41.9 Å². The SMILES string of the molecule is CN[C@@H]1[C@@H](O)[C@@H](O[C@H]2[C@H](N)[C@@H](O)[C@H](N)[C@@H](O[C@H]3O[C@H](CN)CC[C@H]3N)[C@@H]2O)OC[C@]1(C)O. The fourth-order valence-electron chi connectivity index (χ4n) is 4.68. The highest BCUT2D eigenvalue weighted by Gasteiger charge is 2.53. The third kappa shape index (κ3) is 5.10. The van der Waals surface area contributed by atoms with Gasteiger partial charge in [-0.1, -0.05) is 0 Å². The number of aliphatic hydroxyl groups excluding tert-OH is 3. The summed E-state index contributed by atoms with van der Waals surface area (Å²) in [6.45, 7) is 1.67. The van der Waals surface area contributed by atoms with Gasteiger partial charge in [0.2, 0.25) is 0 Å². The maximum atomic E-state index is 11.0. The smallest absolute Gasteiger partial charge is 0.185 e. The Bertz CT molecular complexity index is 618. The minimum absolute atomic E-state index is 0.133. The Hall–Kier alpha value is -0.520. The second-order valence-electron chi connectivity index (χ2n) is 9.23. The molecule has 0 aromatic rings. The van der Waals surface area contributed by atoms with E-state index in [-0.39, 0.29) is 12.7 Å². The largest absolute Gasteiger partial charge is 0.390 e. The number of ether oxygens (including phenoxy) is 4. The number of nitrogens with two attached hydrogens (primary N) is 4. The number of hydrogen-bond donors (Lipinski definition) is 9. The van der Waals surface area contributed by atoms with Gasteiger partial charge in [0.05, 0.1) is 43.0 Å². The molecule has 2 heterocycles. The molecular formula is C19H39N5O8. The van der Waals surface area contributed by atoms with Crippen molar-refractivity contribution >= 4 is 0 Å². The Morgan fingerprint density at radius 3 is 2.12 bits per heavy atom. The maximum Gasteiger partial charge on any atom is 0.185 e. The fourth-order valence-corrected chi connectivity index (χ4v) is 4.68. The zero-order valence-electron chi connectivity index (χ0n) is 18.5. The van der Waals surface area contributed by atoms with Gasteiger partial charge in [-0.3, -0.25) is 0 Å². The first kappa shape index (κ1) is 26.1. The van der Waals surface area contributed by atoms with Crippen LogP contribution in [0.4, 0.5) is 0 Å². The third-order valence-corrected chi connectivity index (χ3v) is 6.71. The zero-order chi connectivity index (χ0) is 23.8. The van der Waals surface area contributed by atoms with Gasteiger partial charge < -0.3 is 67.6 Å². The van der Waals surface area contributed by atoms with Crippen molar-refractivity contribution in [1.29, 1.82) is 0 Å². The highest BCUT2D eigenvalue weighted by Crippen LogP contribution is 2.31. The van der Waals surface area contributed by atoms with Crippen LogP contribution in [-0.4, -0.2) is 120 Å². The van der Waals surface area contributed by atoms with E-state index in [1.165, 1.54) is 6.92 Å². The summed E-state index contributed by atoms with van der Waals surface area (Å²) < 4.78 is 23.0. The average Bonchev–Trinajstić information content (AvgIpc) is 2.75. The summed E-state index contributed by atoms with van der Waals surface area (Å²) in [7, 11) is 1.58. The first-order valence-corrected chi connectivity index (χ1v) is 11.0. The summed E-state index contributed by atoms with van der Waals surface area (Å²) in [4.78, 5) is 0. The third-order valence-electron chi connectivity index (χ3n) is 6.71. The minimum atomic E-state index is -1.39. The maximum absolute atomic E-state index is 11.0. The van der Waals surface area contributed by atoms with E-state index >= 15 is 0 Å². The molecule has 0 amide bonds. The summed E-state index contributed by atoms with van der Waals surface area (Å²) in [5.41, 5.74) is 22.7. The zero-order valence-corrected chi connectivity index (χ0v) is 18.5. The molecule has 13 N–H and O–H groups in total. The molecule has 0 aromatic carbocycles. The van der Waals surface area contributed by atoms with E-state index < -0.39 is 72.9 Å². The van der Waals surface area contributed by atoms with E-state index in [2.05, 4.69) is 5.32 Å². The van der Waals surface area contributed by atoms with Crippen LogP contribution in [0.15, 0.2) is 0 Å². The van der Waals surface area contributed by atoms with Crippen LogP contribution in [0.5, 0.6) is 0 Å². The molecule has 3 fully saturated rings. The van der Waals surface area contributed by atoms with Crippen molar-refractivity contribution in [1.82, 2.24) is 5.32 Å². The molecule has 2 saturated heterocycles. The highest BCUT2D eigenvalue weighted by molar-refractivity contribution is 5.06. The van der Waals surface area contributed by atoms with Gasteiger partial charge in [-0.05, 0) is 26.8 Å². The van der Waals surface area contributed by atoms with Crippen molar-refractivity contribution in [2.75, 3.05) is 20.2 Å². The average molecular weight is 466 g/mol. The lowest BCUT2D eigenvalue weighted by Gasteiger charge is -2.49. The van der Waals surface area contributed by atoms with Crippen molar-refractivity contribution in [3.63, 3.8) is 0 Å². The standard InChI is InChI=1S/C19H39N5O8/c1-19(28)6-29-18(13(27)16(19)24-2)32-15-10(23)11(25)9(22)14(12(15)26)31-17-8(21)4-3-7(5-20)30-17/h7-18,24-28H,3-6,20-23H2,1-2H3/t7-,8+,9-,10+,11-,12-,13+,14+,15-,16+,17+,18+,19-/m0/s1. The lowest BCUT2D eigenvalue weighted by molar-refractivity contribution is -0.312. The number of nitrogens with one attached hydrogen (secondary N) is 1. The molecule has 188 valence electrons. The molecular weight excluding hydrogens is 426 g/mol. The van der Waals surface area contributed by atoms with Crippen molar-refractivity contribution < 1.29 is 39.4 Å². The van der Waals surface area contributed by atoms with Crippen LogP contribution in [0.1, 0.15) is 19.8 Å². The topological polar surface area (TPSA) is 234 Å². The van der Waals surface area contributed by atoms with E-state index in [1.54, 1.807) is 7.05 Å². The Morgan fingerprint density at radius 1 is 0.969 bits per heavy atom. The van der Waals surface area contributed by atoms with E-state index in [0.717, 1.165) is 0 Å². The van der Waals surface area contributed by atoms with E-state index in [9.17, 15) is 20.4 Å². The van der Waals surface area contributed by atoms with Gasteiger partial charge in [-0.2, -0.15) is 0 Å². The lowest BCUT2D eigenvalue weighted by Crippen LogP contribution is -2.72. The molecule has 1 aliphatic carbocycles. The normalized spacial score (nSPS) is 52.7. The second-order valence-corrected chi connectivity index (χ2v) is 9.23. The van der Waals surface area contributed by atoms with Crippen molar-refractivity contribution in [3.8, 4) is 0 Å². The van der Waals surface area contributed by atoms with Crippen LogP contribution in [0.2, 0.25) is 0 Å². The number of rotatable bonds is 6. The molecule has 1 saturated carbocycles. The molecule has 0 spiro atoms. The highest BCUT2D eigenvalue weighted by atomic mass is 16.7. The van der Waals surface area contributed by atoms with Crippen molar-refractivity contribution in [2.24, 2.45) is 22.9 Å². The minimum Gasteiger partial charge on any atom is -0.390 e. The Labute approximate surface area is 187 Å². The van der Waals surface area contributed by atoms with Crippen LogP contribution >= 0.6 is 0 Å². The van der Waals surface area contributed by atoms with Gasteiger partial charge in [-0.15, -0.1) is 0 Å². The first-order chi connectivity index (χ1) is 15.0. The van der Waals surface area contributed by atoms with Crippen LogP contribution < -0.4 is 28.3 Å². The molecule has 2 aliphatic heterocycles. The second kappa shape index (κ2) is 10.4. The Kier molecular flexibility index (Phi) is 8.48. The van der Waals surface area contributed by atoms with E-state index in [0.29, 0.717) is 19.4 Å². The van der Waals surface area contributed by atoms with Gasteiger partial charge in [0.1, 0.15) is 30.0 Å². The lowest BCUT2D eigenvalue weighted by atomic mass is 9.81. The van der Waals surface area contributed by atoms with Crippen LogP contribution in [0.3, 0.4) is 0 Å². The fraction of sp³-hybridized carbons (Fsp3) is 1.00. The Balaban J connectivity index is 1.73. The van der Waals surface area contributed by atoms with Crippen LogP contribution in [-0.2, 0) is 18.9 Å². The predicted octanol–water partition coefficient (Wildman–Crippen LogP) is -5.01. The molecule has 3 aliphatic rings. The monoisotopic (exact) mass is 465 g/mol. The molecule has 3 rings (SSSR count). The molecule has 13 nitrogen and oxygen atoms in total. The summed E-state index contributed by atoms with van der Waals surface area (Å²) in [6.07, 6.45) is -7.33. The first-order valence-electron chi connectivity index (χ1n) is 11.0. The van der Waals surface area contributed by atoms with Gasteiger partial charge in [0, 0.05) is 6.54 Å². The molecule has 0 aromatic heterocycles. The van der Waals surface area contributed by atoms with Crippen LogP contribution in [0, 0.1) is 0 Å². The quantitative estimate of drug-likeness (QED) is 0.179. The number of aliphatic hydroxyl groups is 4. The van der Waals surface area contributed by atoms with Crippen LogP contribution in [0.25, 0.3) is 0 Å². The molecule has 13 atom stereocenters. The van der Waals surface area contributed by atoms with Gasteiger partial charge in [0.25, 0.3) is 0 Å². The van der Waals surface area contributed by atoms with Crippen molar-refractivity contribution in [3.05, 3.63) is 0 Å². The molecule has 0 unspecified atom stereocenters. The predicted molar refractivity (Wildman–Crippen MR) is 112 cm³/mol. The van der Waals surface area contributed by atoms with E-state index in [1.807, 2.05) is 0 Å².